The predicted molar refractivity (Wildman–Crippen MR) is 172 cm³/mol. The number of halogens is 3. The van der Waals surface area contributed by atoms with Gasteiger partial charge in [0, 0.05) is 75.4 Å². The van der Waals surface area contributed by atoms with Crippen molar-refractivity contribution in [1.82, 2.24) is 19.8 Å². The van der Waals surface area contributed by atoms with E-state index in [9.17, 15) is 13.6 Å². The molecule has 1 aromatic heterocycles. The highest BCUT2D eigenvalue weighted by Gasteiger charge is 2.53. The molecule has 6 rings (SSSR count). The number of benzene rings is 2. The molecule has 3 aromatic rings. The zero-order valence-electron chi connectivity index (χ0n) is 27.1. The third-order valence-electron chi connectivity index (χ3n) is 10.8. The third kappa shape index (κ3) is 6.57. The lowest BCUT2D eigenvalue weighted by atomic mass is 9.58. The number of likely N-dealkylation sites (tertiary alicyclic amines) is 1. The normalized spacial score (nSPS) is 22.0. The Labute approximate surface area is 274 Å². The van der Waals surface area contributed by atoms with E-state index in [0.717, 1.165) is 81.7 Å². The minimum atomic E-state index is -0.705. The maximum absolute atomic E-state index is 15.0. The topological polar surface area (TPSA) is 86.4 Å². The molecule has 2 aromatic carbocycles. The third-order valence-corrected chi connectivity index (χ3v) is 10.8. The van der Waals surface area contributed by atoms with Crippen LogP contribution < -0.4 is 10.2 Å². The van der Waals surface area contributed by atoms with Gasteiger partial charge in [-0.15, -0.1) is 0 Å². The van der Waals surface area contributed by atoms with E-state index < -0.39 is 23.1 Å². The molecule has 3 aliphatic rings. The number of nitrogens with zero attached hydrogens (tertiary/aromatic N) is 5. The maximum Gasteiger partial charge on any atom is 0.407 e. The average molecular weight is 649 g/mol. The van der Waals surface area contributed by atoms with Gasteiger partial charge in [0.1, 0.15) is 35.4 Å². The van der Waals surface area contributed by atoms with Crippen molar-refractivity contribution in [2.45, 2.75) is 63.5 Å². The molecule has 3 fully saturated rings. The van der Waals surface area contributed by atoms with Crippen LogP contribution in [0.2, 0.25) is 0 Å². The lowest BCUT2D eigenvalue weighted by Crippen LogP contribution is -2.55. The molecule has 1 amide bonds. The van der Waals surface area contributed by atoms with Gasteiger partial charge in [0.2, 0.25) is 0 Å². The van der Waals surface area contributed by atoms with Crippen molar-refractivity contribution in [3.63, 3.8) is 0 Å². The molecular formula is C36H43F3N6O2. The van der Waals surface area contributed by atoms with Crippen LogP contribution in [-0.2, 0) is 23.1 Å². The molecule has 11 heteroatoms. The van der Waals surface area contributed by atoms with Gasteiger partial charge in [-0.1, -0.05) is 19.1 Å². The van der Waals surface area contributed by atoms with Crippen LogP contribution in [0.3, 0.4) is 0 Å². The van der Waals surface area contributed by atoms with Crippen molar-refractivity contribution in [3.05, 3.63) is 83.2 Å². The Morgan fingerprint density at radius 3 is 2.60 bits per heavy atom. The van der Waals surface area contributed by atoms with Crippen LogP contribution >= 0.6 is 0 Å². The van der Waals surface area contributed by atoms with Gasteiger partial charge in [0.15, 0.2) is 0 Å². The fourth-order valence-electron chi connectivity index (χ4n) is 8.54. The van der Waals surface area contributed by atoms with Crippen LogP contribution in [0.5, 0.6) is 0 Å². The van der Waals surface area contributed by atoms with Crippen molar-refractivity contribution in [1.29, 1.82) is 5.26 Å². The molecule has 0 radical (unpaired) electrons. The summed E-state index contributed by atoms with van der Waals surface area (Å²) in [6, 6.07) is 10.8. The highest BCUT2D eigenvalue weighted by Crippen LogP contribution is 2.52. The summed E-state index contributed by atoms with van der Waals surface area (Å²) in [6.07, 6.45) is 8.21. The van der Waals surface area contributed by atoms with Gasteiger partial charge in [0.05, 0.1) is 11.3 Å². The lowest BCUT2D eigenvalue weighted by Gasteiger charge is -2.51. The number of amides is 1. The van der Waals surface area contributed by atoms with Gasteiger partial charge in [-0.3, -0.25) is 0 Å². The van der Waals surface area contributed by atoms with E-state index in [1.807, 2.05) is 23.4 Å². The molecule has 8 nitrogen and oxygen atoms in total. The summed E-state index contributed by atoms with van der Waals surface area (Å²) in [7, 11) is 1.57. The summed E-state index contributed by atoms with van der Waals surface area (Å²) in [5.41, 5.74) is 0.352. The molecule has 3 heterocycles. The molecule has 250 valence electrons. The maximum atomic E-state index is 15.0. The number of aromatic nitrogens is 2. The Hall–Kier alpha value is -4.04. The Bertz CT molecular complexity index is 1610. The lowest BCUT2D eigenvalue weighted by molar-refractivity contribution is 0.00160. The van der Waals surface area contributed by atoms with Gasteiger partial charge in [-0.25, -0.2) is 22.9 Å². The number of imidazole rings is 1. The largest absolute Gasteiger partial charge is 0.446 e. The van der Waals surface area contributed by atoms with E-state index >= 15 is 4.39 Å². The summed E-state index contributed by atoms with van der Waals surface area (Å²) in [5, 5.41) is 11.6. The molecule has 2 saturated heterocycles. The van der Waals surface area contributed by atoms with Crippen molar-refractivity contribution in [2.75, 3.05) is 44.7 Å². The number of rotatable bonds is 10. The SMILES string of the molecule is CCc1nccn1CC(c1cccc(F)c1)(C1CCN(CC2CN(c3cc(F)c(C#N)cc3F)C2)CC1)[C@H]1CCC[C@@H]1OC(=O)NC. The molecule has 0 bridgehead atoms. The van der Waals surface area contributed by atoms with Crippen LogP contribution in [0.15, 0.2) is 48.8 Å². The molecule has 3 atom stereocenters. The number of ether oxygens (including phenoxy) is 1. The fourth-order valence-corrected chi connectivity index (χ4v) is 8.54. The van der Waals surface area contributed by atoms with Crippen molar-refractivity contribution < 1.29 is 22.7 Å². The van der Waals surface area contributed by atoms with E-state index in [-0.39, 0.29) is 35.0 Å². The summed E-state index contributed by atoms with van der Waals surface area (Å²) in [5.74, 6) is -0.0864. The first-order valence-corrected chi connectivity index (χ1v) is 16.8. The number of hydrogen-bond acceptors (Lipinski definition) is 6. The number of carbonyl (C=O) groups excluding carboxylic acids is 1. The number of nitriles is 1. The highest BCUT2D eigenvalue weighted by molar-refractivity contribution is 5.67. The second-order valence-corrected chi connectivity index (χ2v) is 13.3. The Morgan fingerprint density at radius 1 is 1.11 bits per heavy atom. The van der Waals surface area contributed by atoms with Crippen LogP contribution in [-0.4, -0.2) is 66.4 Å². The second kappa shape index (κ2) is 14.0. The first-order valence-electron chi connectivity index (χ1n) is 16.8. The summed E-state index contributed by atoms with van der Waals surface area (Å²) in [6.45, 7) is 6.51. The Morgan fingerprint density at radius 2 is 1.89 bits per heavy atom. The standard InChI is InChI=1S/C36H43F3N6O2/c1-3-34-42-12-15-44(34)23-36(27-6-4-7-28(37)17-27,29-8-5-9-33(29)47-35(46)41-2)26-10-13-43(14-11-26)20-24-21-45(22-24)32-18-30(38)25(19-40)16-31(32)39/h4,6-7,12,15-18,24,26,29,33H,3,5,8-11,13-14,20-23H2,1-2H3,(H,41,46)/t29-,33-,36?/m0/s1. The number of nitrogens with one attached hydrogen (secondary N) is 1. The predicted octanol–water partition coefficient (Wildman–Crippen LogP) is 6.05. The first kappa shape index (κ1) is 32.9. The van der Waals surface area contributed by atoms with Gasteiger partial charge < -0.3 is 24.4 Å². The minimum absolute atomic E-state index is 0.00633. The minimum Gasteiger partial charge on any atom is -0.446 e. The number of alkyl carbamates (subject to hydrolysis) is 1. The van der Waals surface area contributed by atoms with Gasteiger partial charge in [0.25, 0.3) is 0 Å². The number of hydrogen-bond donors (Lipinski definition) is 1. The number of carbonyl (C=O) groups is 1. The van der Waals surface area contributed by atoms with E-state index in [1.165, 1.54) is 6.07 Å². The van der Waals surface area contributed by atoms with E-state index in [0.29, 0.717) is 25.6 Å². The van der Waals surface area contributed by atoms with Gasteiger partial charge in [-0.05, 0) is 74.9 Å². The molecule has 47 heavy (non-hydrogen) atoms. The van der Waals surface area contributed by atoms with E-state index in [2.05, 4.69) is 26.7 Å². The Kier molecular flexibility index (Phi) is 9.78. The zero-order valence-corrected chi connectivity index (χ0v) is 27.1. The molecular weight excluding hydrogens is 605 g/mol. The van der Waals surface area contributed by atoms with Crippen LogP contribution in [0.4, 0.5) is 23.7 Å². The molecule has 1 saturated carbocycles. The monoisotopic (exact) mass is 648 g/mol. The van der Waals surface area contributed by atoms with Crippen LogP contribution in [0.1, 0.15) is 56.0 Å². The van der Waals surface area contributed by atoms with Crippen LogP contribution in [0.25, 0.3) is 0 Å². The second-order valence-electron chi connectivity index (χ2n) is 13.3. The average Bonchev–Trinajstić information content (AvgIpc) is 3.72. The van der Waals surface area contributed by atoms with Gasteiger partial charge >= 0.3 is 6.09 Å². The molecule has 1 unspecified atom stereocenters. The van der Waals surface area contributed by atoms with Crippen molar-refractivity contribution in [2.24, 2.45) is 17.8 Å². The first-order chi connectivity index (χ1) is 22.7. The molecule has 2 aliphatic heterocycles. The van der Waals surface area contributed by atoms with Gasteiger partial charge in [-0.2, -0.15) is 5.26 Å². The molecule has 1 N–H and O–H groups in total. The highest BCUT2D eigenvalue weighted by atomic mass is 19.1. The smallest absolute Gasteiger partial charge is 0.407 e. The summed E-state index contributed by atoms with van der Waals surface area (Å²) in [4.78, 5) is 21.4. The number of anilines is 1. The molecule has 0 spiro atoms. The quantitative estimate of drug-likeness (QED) is 0.288. The van der Waals surface area contributed by atoms with E-state index in [4.69, 9.17) is 10.00 Å². The summed E-state index contributed by atoms with van der Waals surface area (Å²) < 4.78 is 52.1. The van der Waals surface area contributed by atoms with E-state index in [1.54, 1.807) is 25.2 Å². The molecule has 1 aliphatic carbocycles. The van der Waals surface area contributed by atoms with Crippen molar-refractivity contribution in [3.8, 4) is 6.07 Å². The Balaban J connectivity index is 1.23. The zero-order chi connectivity index (χ0) is 33.1. The summed E-state index contributed by atoms with van der Waals surface area (Å²) >= 11 is 0. The number of aryl methyl sites for hydroxylation is 1. The van der Waals surface area contributed by atoms with Crippen LogP contribution in [0, 0.1) is 46.5 Å². The van der Waals surface area contributed by atoms with Crippen molar-refractivity contribution >= 4 is 11.8 Å². The fraction of sp³-hybridized carbons (Fsp3) is 0.528. The number of piperidine rings is 1.